The molecule has 1 fully saturated rings. The molecule has 6 nitrogen and oxygen atoms in total. The van der Waals surface area contributed by atoms with Crippen LogP contribution in [0.15, 0.2) is 21.6 Å². The standard InChI is InChI=1S/C14H20N4O2/c1-10-7-17(9-16(3)8-12-4-5-12)14(19)18(10)13-6-11(2)20-15-13/h6-7,12H,4-5,8-9H2,1-3H3. The maximum atomic E-state index is 12.5. The third kappa shape index (κ3) is 2.56. The van der Waals surface area contributed by atoms with Crippen LogP contribution >= 0.6 is 0 Å². The highest BCUT2D eigenvalue weighted by atomic mass is 16.5. The van der Waals surface area contributed by atoms with Gasteiger partial charge in [0.2, 0.25) is 0 Å². The minimum atomic E-state index is -0.0709. The van der Waals surface area contributed by atoms with Crippen LogP contribution in [0.25, 0.3) is 5.82 Å². The van der Waals surface area contributed by atoms with E-state index in [9.17, 15) is 4.79 Å². The molecule has 0 spiro atoms. The van der Waals surface area contributed by atoms with Crippen molar-refractivity contribution >= 4 is 0 Å². The first-order chi connectivity index (χ1) is 9.54. The maximum Gasteiger partial charge on any atom is 0.335 e. The molecule has 0 saturated heterocycles. The lowest BCUT2D eigenvalue weighted by molar-refractivity contribution is 0.254. The fraction of sp³-hybridized carbons (Fsp3) is 0.571. The van der Waals surface area contributed by atoms with E-state index in [-0.39, 0.29) is 5.69 Å². The van der Waals surface area contributed by atoms with Crippen molar-refractivity contribution < 1.29 is 4.52 Å². The van der Waals surface area contributed by atoms with Crippen LogP contribution in [0, 0.1) is 19.8 Å². The molecule has 2 heterocycles. The molecule has 3 rings (SSSR count). The smallest absolute Gasteiger partial charge is 0.335 e. The summed E-state index contributed by atoms with van der Waals surface area (Å²) in [6.07, 6.45) is 4.50. The Morgan fingerprint density at radius 1 is 1.45 bits per heavy atom. The first-order valence-corrected chi connectivity index (χ1v) is 6.95. The molecule has 0 unspecified atom stereocenters. The molecule has 108 valence electrons. The monoisotopic (exact) mass is 276 g/mol. The third-order valence-corrected chi connectivity index (χ3v) is 3.64. The van der Waals surface area contributed by atoms with Crippen LogP contribution in [0.3, 0.4) is 0 Å². The SMILES string of the molecule is Cc1cc(-n2c(C)cn(CN(C)CC3CC3)c2=O)no1. The van der Waals surface area contributed by atoms with Gasteiger partial charge in [-0.25, -0.2) is 9.36 Å². The molecule has 1 aliphatic rings. The van der Waals surface area contributed by atoms with E-state index in [1.807, 2.05) is 20.0 Å². The van der Waals surface area contributed by atoms with E-state index in [1.165, 1.54) is 12.8 Å². The predicted molar refractivity (Wildman–Crippen MR) is 74.9 cm³/mol. The Kier molecular flexibility index (Phi) is 3.25. The highest BCUT2D eigenvalue weighted by Gasteiger charge is 2.23. The van der Waals surface area contributed by atoms with Crippen LogP contribution < -0.4 is 5.69 Å². The summed E-state index contributed by atoms with van der Waals surface area (Å²) in [4.78, 5) is 14.6. The van der Waals surface area contributed by atoms with Crippen molar-refractivity contribution in [2.75, 3.05) is 13.6 Å². The summed E-state index contributed by atoms with van der Waals surface area (Å²) in [5, 5.41) is 3.92. The Morgan fingerprint density at radius 3 is 2.80 bits per heavy atom. The number of nitrogens with zero attached hydrogens (tertiary/aromatic N) is 4. The average molecular weight is 276 g/mol. The van der Waals surface area contributed by atoms with Gasteiger partial charge in [0.05, 0.1) is 6.67 Å². The Morgan fingerprint density at radius 2 is 2.20 bits per heavy atom. The highest BCUT2D eigenvalue weighted by Crippen LogP contribution is 2.29. The number of aryl methyl sites for hydroxylation is 2. The van der Waals surface area contributed by atoms with Crippen LogP contribution in [0.2, 0.25) is 0 Å². The molecule has 0 bridgehead atoms. The molecule has 2 aromatic rings. The normalized spacial score (nSPS) is 15.2. The van der Waals surface area contributed by atoms with E-state index in [0.717, 1.165) is 18.2 Å². The number of hydrogen-bond acceptors (Lipinski definition) is 4. The fourth-order valence-corrected chi connectivity index (χ4v) is 2.52. The van der Waals surface area contributed by atoms with Crippen molar-refractivity contribution in [3.63, 3.8) is 0 Å². The molecule has 1 aliphatic carbocycles. The van der Waals surface area contributed by atoms with Crippen molar-refractivity contribution in [2.45, 2.75) is 33.4 Å². The lowest BCUT2D eigenvalue weighted by Gasteiger charge is -2.15. The lowest BCUT2D eigenvalue weighted by Crippen LogP contribution is -2.31. The maximum absolute atomic E-state index is 12.5. The minimum absolute atomic E-state index is 0.0709. The van der Waals surface area contributed by atoms with Crippen molar-refractivity contribution in [2.24, 2.45) is 5.92 Å². The van der Waals surface area contributed by atoms with Gasteiger partial charge in [-0.1, -0.05) is 5.16 Å². The van der Waals surface area contributed by atoms with E-state index >= 15 is 0 Å². The quantitative estimate of drug-likeness (QED) is 0.831. The number of aromatic nitrogens is 3. The van der Waals surface area contributed by atoms with E-state index < -0.39 is 0 Å². The summed E-state index contributed by atoms with van der Waals surface area (Å²) in [7, 11) is 2.05. The van der Waals surface area contributed by atoms with Gasteiger partial charge >= 0.3 is 5.69 Å². The number of hydrogen-bond donors (Lipinski definition) is 0. The van der Waals surface area contributed by atoms with Crippen molar-refractivity contribution in [1.29, 1.82) is 0 Å². The summed E-state index contributed by atoms with van der Waals surface area (Å²) in [6.45, 7) is 5.39. The summed E-state index contributed by atoms with van der Waals surface area (Å²) in [5.74, 6) is 2.07. The van der Waals surface area contributed by atoms with Crippen LogP contribution in [-0.4, -0.2) is 32.8 Å². The van der Waals surface area contributed by atoms with Crippen molar-refractivity contribution in [3.05, 3.63) is 34.2 Å². The molecule has 2 aromatic heterocycles. The van der Waals surface area contributed by atoms with Crippen molar-refractivity contribution in [1.82, 2.24) is 19.2 Å². The Balaban J connectivity index is 1.84. The largest absolute Gasteiger partial charge is 0.360 e. The molecule has 20 heavy (non-hydrogen) atoms. The molecular weight excluding hydrogens is 256 g/mol. The first kappa shape index (κ1) is 13.2. The van der Waals surface area contributed by atoms with Gasteiger partial charge in [-0.3, -0.25) is 9.47 Å². The summed E-state index contributed by atoms with van der Waals surface area (Å²) >= 11 is 0. The Hall–Kier alpha value is -1.82. The van der Waals surface area contributed by atoms with Gasteiger partial charge in [0.25, 0.3) is 0 Å². The van der Waals surface area contributed by atoms with Gasteiger partial charge in [-0.05, 0) is 39.7 Å². The first-order valence-electron chi connectivity index (χ1n) is 6.95. The molecule has 0 aliphatic heterocycles. The van der Waals surface area contributed by atoms with Crippen LogP contribution in [0.4, 0.5) is 0 Å². The molecule has 0 aromatic carbocycles. The molecular formula is C14H20N4O2. The molecule has 1 saturated carbocycles. The zero-order valence-electron chi connectivity index (χ0n) is 12.2. The average Bonchev–Trinajstić information content (AvgIpc) is 3.02. The van der Waals surface area contributed by atoms with E-state index in [0.29, 0.717) is 18.2 Å². The number of rotatable bonds is 5. The molecule has 0 amide bonds. The Bertz CT molecular complexity index is 663. The van der Waals surface area contributed by atoms with Crippen LogP contribution in [0.1, 0.15) is 24.3 Å². The third-order valence-electron chi connectivity index (χ3n) is 3.64. The lowest BCUT2D eigenvalue weighted by atomic mass is 10.4. The summed E-state index contributed by atoms with van der Waals surface area (Å²) in [5.41, 5.74) is 0.793. The highest BCUT2D eigenvalue weighted by molar-refractivity contribution is 5.24. The van der Waals surface area contributed by atoms with E-state index in [4.69, 9.17) is 4.52 Å². The minimum Gasteiger partial charge on any atom is -0.360 e. The second-order valence-corrected chi connectivity index (χ2v) is 5.78. The van der Waals surface area contributed by atoms with E-state index in [1.54, 1.807) is 15.2 Å². The predicted octanol–water partition coefficient (Wildman–Crippen LogP) is 1.54. The summed E-state index contributed by atoms with van der Waals surface area (Å²) in [6, 6.07) is 1.77. The molecule has 0 N–H and O–H groups in total. The van der Waals surface area contributed by atoms with Crippen LogP contribution in [-0.2, 0) is 6.67 Å². The summed E-state index contributed by atoms with van der Waals surface area (Å²) < 4.78 is 8.36. The second kappa shape index (κ2) is 4.94. The van der Waals surface area contributed by atoms with Crippen molar-refractivity contribution in [3.8, 4) is 5.82 Å². The second-order valence-electron chi connectivity index (χ2n) is 5.78. The topological polar surface area (TPSA) is 56.2 Å². The van der Waals surface area contributed by atoms with Crippen LogP contribution in [0.5, 0.6) is 0 Å². The van der Waals surface area contributed by atoms with Gasteiger partial charge in [0.1, 0.15) is 5.76 Å². The van der Waals surface area contributed by atoms with Gasteiger partial charge < -0.3 is 4.52 Å². The number of imidazole rings is 1. The zero-order chi connectivity index (χ0) is 14.3. The fourth-order valence-electron chi connectivity index (χ4n) is 2.52. The molecule has 0 radical (unpaired) electrons. The van der Waals surface area contributed by atoms with Gasteiger partial charge in [0.15, 0.2) is 5.82 Å². The van der Waals surface area contributed by atoms with Gasteiger partial charge in [-0.15, -0.1) is 0 Å². The van der Waals surface area contributed by atoms with Gasteiger partial charge in [-0.2, -0.15) is 0 Å². The van der Waals surface area contributed by atoms with E-state index in [2.05, 4.69) is 17.1 Å². The molecule has 6 heteroatoms. The zero-order valence-corrected chi connectivity index (χ0v) is 12.2. The van der Waals surface area contributed by atoms with Gasteiger partial charge in [0, 0.05) is 24.5 Å². The molecule has 0 atom stereocenters. The Labute approximate surface area is 117 Å².